The van der Waals surface area contributed by atoms with Gasteiger partial charge >= 0.3 is 0 Å². The first-order valence-electron chi connectivity index (χ1n) is 7.67. The summed E-state index contributed by atoms with van der Waals surface area (Å²) in [4.78, 5) is 2.46. The van der Waals surface area contributed by atoms with Crippen molar-refractivity contribution in [3.8, 4) is 5.75 Å². The van der Waals surface area contributed by atoms with Gasteiger partial charge < -0.3 is 10.1 Å². The molecule has 3 rings (SSSR count). The lowest BCUT2D eigenvalue weighted by Gasteiger charge is -2.15. The Morgan fingerprint density at radius 1 is 0.857 bits per heavy atom. The number of hydrogen-bond acceptors (Lipinski definition) is 3. The molecule has 1 heterocycles. The topological polar surface area (TPSA) is 24.5 Å². The Labute approximate surface area is 126 Å². The van der Waals surface area contributed by atoms with Gasteiger partial charge in [-0.25, -0.2) is 0 Å². The third kappa shape index (κ3) is 4.23. The molecule has 0 aromatic heterocycles. The molecular weight excluding hydrogens is 260 g/mol. The molecule has 0 unspecified atom stereocenters. The normalized spacial score (nSPS) is 15.0. The van der Waals surface area contributed by atoms with E-state index < -0.39 is 0 Å². The molecule has 1 aliphatic rings. The second-order valence-electron chi connectivity index (χ2n) is 5.41. The molecule has 3 nitrogen and oxygen atoms in total. The Kier molecular flexibility index (Phi) is 4.74. The molecule has 0 aliphatic carbocycles. The Balaban J connectivity index is 1.47. The summed E-state index contributed by atoms with van der Waals surface area (Å²) in [6.45, 7) is 4.25. The van der Waals surface area contributed by atoms with Crippen LogP contribution in [0.25, 0.3) is 0 Å². The number of nitrogens with one attached hydrogen (secondary N) is 1. The molecule has 1 aliphatic heterocycles. The van der Waals surface area contributed by atoms with Gasteiger partial charge in [0.1, 0.15) is 12.4 Å². The molecule has 1 saturated heterocycles. The molecule has 21 heavy (non-hydrogen) atoms. The minimum atomic E-state index is 0.769. The van der Waals surface area contributed by atoms with E-state index in [4.69, 9.17) is 4.74 Å². The van der Waals surface area contributed by atoms with Crippen LogP contribution in [0.15, 0.2) is 54.6 Å². The molecule has 0 amide bonds. The van der Waals surface area contributed by atoms with E-state index in [0.717, 1.165) is 30.3 Å². The average molecular weight is 282 g/mol. The number of ether oxygens (including phenoxy) is 1. The molecule has 3 heteroatoms. The Hall–Kier alpha value is -2.00. The van der Waals surface area contributed by atoms with Crippen LogP contribution in [0.3, 0.4) is 0 Å². The number of nitrogens with zero attached hydrogens (tertiary/aromatic N) is 1. The monoisotopic (exact) mass is 282 g/mol. The first kappa shape index (κ1) is 14.0. The average Bonchev–Trinajstić information content (AvgIpc) is 3.03. The van der Waals surface area contributed by atoms with Crippen molar-refractivity contribution in [2.75, 3.05) is 31.6 Å². The highest BCUT2D eigenvalue weighted by molar-refractivity contribution is 5.59. The summed E-state index contributed by atoms with van der Waals surface area (Å²) in [5, 5.41) is 3.37. The number of benzene rings is 2. The predicted molar refractivity (Wildman–Crippen MR) is 87.3 cm³/mol. The van der Waals surface area contributed by atoms with Crippen molar-refractivity contribution in [2.45, 2.75) is 12.8 Å². The lowest BCUT2D eigenvalue weighted by Crippen LogP contribution is -2.25. The summed E-state index contributed by atoms with van der Waals surface area (Å²) in [7, 11) is 0. The number of para-hydroxylation sites is 1. The first-order valence-corrected chi connectivity index (χ1v) is 7.67. The van der Waals surface area contributed by atoms with Crippen LogP contribution in [-0.4, -0.2) is 31.1 Å². The van der Waals surface area contributed by atoms with Crippen LogP contribution < -0.4 is 10.1 Å². The fourth-order valence-electron chi connectivity index (χ4n) is 2.62. The third-order valence-electron chi connectivity index (χ3n) is 3.79. The maximum absolute atomic E-state index is 5.80. The fourth-order valence-corrected chi connectivity index (χ4v) is 2.62. The zero-order valence-electron chi connectivity index (χ0n) is 12.3. The SMILES string of the molecule is c1ccc(Nc2ccc(OCCN3CCCC3)cc2)cc1. The maximum atomic E-state index is 5.80. The van der Waals surface area contributed by atoms with Crippen LogP contribution in [0.5, 0.6) is 5.75 Å². The van der Waals surface area contributed by atoms with E-state index in [1.807, 2.05) is 30.3 Å². The van der Waals surface area contributed by atoms with Gasteiger partial charge in [-0.2, -0.15) is 0 Å². The van der Waals surface area contributed by atoms with Crippen molar-refractivity contribution in [3.63, 3.8) is 0 Å². The van der Waals surface area contributed by atoms with Crippen molar-refractivity contribution in [1.29, 1.82) is 0 Å². The van der Waals surface area contributed by atoms with E-state index in [-0.39, 0.29) is 0 Å². The zero-order valence-corrected chi connectivity index (χ0v) is 12.3. The van der Waals surface area contributed by atoms with Gasteiger partial charge in [0.2, 0.25) is 0 Å². The van der Waals surface area contributed by atoms with E-state index in [2.05, 4.69) is 34.5 Å². The highest BCUT2D eigenvalue weighted by atomic mass is 16.5. The molecule has 0 spiro atoms. The largest absolute Gasteiger partial charge is 0.492 e. The second-order valence-corrected chi connectivity index (χ2v) is 5.41. The molecule has 0 bridgehead atoms. The molecule has 110 valence electrons. The zero-order chi connectivity index (χ0) is 14.3. The van der Waals surface area contributed by atoms with Gasteiger partial charge in [0.25, 0.3) is 0 Å². The number of anilines is 2. The highest BCUT2D eigenvalue weighted by Crippen LogP contribution is 2.19. The minimum Gasteiger partial charge on any atom is -0.492 e. The van der Waals surface area contributed by atoms with Crippen molar-refractivity contribution in [3.05, 3.63) is 54.6 Å². The lowest BCUT2D eigenvalue weighted by atomic mass is 10.2. The van der Waals surface area contributed by atoms with E-state index in [1.54, 1.807) is 0 Å². The van der Waals surface area contributed by atoms with E-state index >= 15 is 0 Å². The van der Waals surface area contributed by atoms with Crippen LogP contribution in [-0.2, 0) is 0 Å². The Morgan fingerprint density at radius 2 is 1.52 bits per heavy atom. The molecule has 0 radical (unpaired) electrons. The number of hydrogen-bond donors (Lipinski definition) is 1. The van der Waals surface area contributed by atoms with Crippen molar-refractivity contribution < 1.29 is 4.74 Å². The lowest BCUT2D eigenvalue weighted by molar-refractivity contribution is 0.238. The van der Waals surface area contributed by atoms with Gasteiger partial charge in [-0.15, -0.1) is 0 Å². The van der Waals surface area contributed by atoms with Crippen LogP contribution in [0.2, 0.25) is 0 Å². The molecule has 0 atom stereocenters. The molecule has 1 N–H and O–H groups in total. The van der Waals surface area contributed by atoms with Crippen LogP contribution in [0, 0.1) is 0 Å². The molecule has 2 aromatic rings. The quantitative estimate of drug-likeness (QED) is 0.869. The van der Waals surface area contributed by atoms with Gasteiger partial charge in [0.05, 0.1) is 0 Å². The molecule has 0 saturated carbocycles. The predicted octanol–water partition coefficient (Wildman–Crippen LogP) is 3.90. The minimum absolute atomic E-state index is 0.769. The number of likely N-dealkylation sites (tertiary alicyclic amines) is 1. The van der Waals surface area contributed by atoms with Gasteiger partial charge in [-0.3, -0.25) is 4.90 Å². The van der Waals surface area contributed by atoms with Gasteiger partial charge in [0, 0.05) is 17.9 Å². The molecule has 1 fully saturated rings. The van der Waals surface area contributed by atoms with Gasteiger partial charge in [-0.05, 0) is 62.3 Å². The van der Waals surface area contributed by atoms with E-state index in [1.165, 1.54) is 25.9 Å². The van der Waals surface area contributed by atoms with Gasteiger partial charge in [0.15, 0.2) is 0 Å². The Bertz CT molecular complexity index is 533. The fraction of sp³-hybridized carbons (Fsp3) is 0.333. The van der Waals surface area contributed by atoms with Gasteiger partial charge in [-0.1, -0.05) is 18.2 Å². The molecular formula is C18H22N2O. The van der Waals surface area contributed by atoms with Crippen molar-refractivity contribution >= 4 is 11.4 Å². The highest BCUT2D eigenvalue weighted by Gasteiger charge is 2.10. The maximum Gasteiger partial charge on any atom is 0.119 e. The summed E-state index contributed by atoms with van der Waals surface area (Å²) in [5.74, 6) is 0.938. The number of rotatable bonds is 6. The summed E-state index contributed by atoms with van der Waals surface area (Å²) < 4.78 is 5.80. The first-order chi connectivity index (χ1) is 10.4. The van der Waals surface area contributed by atoms with E-state index in [9.17, 15) is 0 Å². The summed E-state index contributed by atoms with van der Waals surface area (Å²) in [6, 6.07) is 18.3. The van der Waals surface area contributed by atoms with E-state index in [0.29, 0.717) is 0 Å². The smallest absolute Gasteiger partial charge is 0.119 e. The van der Waals surface area contributed by atoms with Crippen LogP contribution >= 0.6 is 0 Å². The summed E-state index contributed by atoms with van der Waals surface area (Å²) >= 11 is 0. The summed E-state index contributed by atoms with van der Waals surface area (Å²) in [6.07, 6.45) is 2.67. The Morgan fingerprint density at radius 3 is 2.24 bits per heavy atom. The third-order valence-corrected chi connectivity index (χ3v) is 3.79. The van der Waals surface area contributed by atoms with Crippen LogP contribution in [0.4, 0.5) is 11.4 Å². The molecule has 2 aromatic carbocycles. The van der Waals surface area contributed by atoms with Crippen molar-refractivity contribution in [2.24, 2.45) is 0 Å². The summed E-state index contributed by atoms with van der Waals surface area (Å²) in [5.41, 5.74) is 2.17. The van der Waals surface area contributed by atoms with Crippen LogP contribution in [0.1, 0.15) is 12.8 Å². The standard InChI is InChI=1S/C18H22N2O/c1-2-6-16(7-3-1)19-17-8-10-18(11-9-17)21-15-14-20-12-4-5-13-20/h1-3,6-11,19H,4-5,12-15H2. The van der Waals surface area contributed by atoms with Crippen molar-refractivity contribution in [1.82, 2.24) is 4.90 Å². The second kappa shape index (κ2) is 7.14.